The fourth-order valence-corrected chi connectivity index (χ4v) is 2.68. The van der Waals surface area contributed by atoms with E-state index in [1.165, 1.54) is 0 Å². The van der Waals surface area contributed by atoms with Crippen LogP contribution in [0.1, 0.15) is 45.1 Å². The van der Waals surface area contributed by atoms with Gasteiger partial charge in [0.15, 0.2) is 0 Å². The predicted octanol–water partition coefficient (Wildman–Crippen LogP) is 2.29. The average molecular weight is 316 g/mol. The molecule has 6 nitrogen and oxygen atoms in total. The van der Waals surface area contributed by atoms with Crippen molar-refractivity contribution in [1.82, 2.24) is 15.0 Å². The van der Waals surface area contributed by atoms with Crippen molar-refractivity contribution in [3.8, 4) is 5.88 Å². The Bertz CT molecular complexity index is 747. The summed E-state index contributed by atoms with van der Waals surface area (Å²) in [6.45, 7) is 8.50. The quantitative estimate of drug-likeness (QED) is 0.937. The number of rotatable bonds is 3. The summed E-state index contributed by atoms with van der Waals surface area (Å²) in [5.41, 5.74) is 1.25. The first-order valence-corrected chi connectivity index (χ1v) is 8.08. The van der Waals surface area contributed by atoms with Crippen LogP contribution in [0, 0.1) is 0 Å². The summed E-state index contributed by atoms with van der Waals surface area (Å²) in [6.07, 6.45) is 0.815. The molecule has 0 spiro atoms. The lowest BCUT2D eigenvalue weighted by Gasteiger charge is -2.36. The van der Waals surface area contributed by atoms with Gasteiger partial charge in [-0.05, 0) is 19.4 Å². The third-order valence-electron chi connectivity index (χ3n) is 4.56. The summed E-state index contributed by atoms with van der Waals surface area (Å²) >= 11 is 0. The first-order valence-electron chi connectivity index (χ1n) is 8.08. The number of likely N-dealkylation sites (N-methyl/N-ethyl adjacent to an activating group) is 1. The molecule has 0 saturated heterocycles. The fraction of sp³-hybridized carbons (Fsp3) is 0.588. The van der Waals surface area contributed by atoms with Gasteiger partial charge in [-0.2, -0.15) is 0 Å². The smallest absolute Gasteiger partial charge is 0.227 e. The molecule has 6 heteroatoms. The van der Waals surface area contributed by atoms with Crippen molar-refractivity contribution in [2.24, 2.45) is 0 Å². The molecule has 0 amide bonds. The van der Waals surface area contributed by atoms with Gasteiger partial charge in [0.05, 0.1) is 17.7 Å². The molecule has 1 aliphatic heterocycles. The standard InChI is InChI=1S/C17H24N4O2/c1-6-11-7-12-13-15(20-14(19-12)10(2)3)21(5)17(4,8-22)9-23-16(13)18-11/h7,10,22H,6,8-9H2,1-5H3/t17-/m0/s1. The molecule has 23 heavy (non-hydrogen) atoms. The lowest BCUT2D eigenvalue weighted by atomic mass is 10.0. The van der Waals surface area contributed by atoms with E-state index >= 15 is 0 Å². The van der Waals surface area contributed by atoms with Gasteiger partial charge in [0.2, 0.25) is 5.88 Å². The molecular weight excluding hydrogens is 292 g/mol. The Kier molecular flexibility index (Phi) is 3.88. The lowest BCUT2D eigenvalue weighted by Crippen LogP contribution is -2.51. The number of aromatic nitrogens is 3. The van der Waals surface area contributed by atoms with Crippen LogP contribution in [0.4, 0.5) is 5.82 Å². The van der Waals surface area contributed by atoms with Crippen LogP contribution in [-0.4, -0.2) is 45.9 Å². The average Bonchev–Trinajstić information content (AvgIpc) is 2.66. The third-order valence-corrected chi connectivity index (χ3v) is 4.56. The molecule has 0 radical (unpaired) electrons. The maximum absolute atomic E-state index is 9.87. The van der Waals surface area contributed by atoms with Crippen LogP contribution in [0.2, 0.25) is 0 Å². The van der Waals surface area contributed by atoms with Gasteiger partial charge < -0.3 is 14.7 Å². The van der Waals surface area contributed by atoms with E-state index in [4.69, 9.17) is 14.7 Å². The van der Waals surface area contributed by atoms with Crippen LogP contribution in [0.3, 0.4) is 0 Å². The van der Waals surface area contributed by atoms with E-state index < -0.39 is 5.54 Å². The molecule has 2 aromatic rings. The first kappa shape index (κ1) is 15.9. The molecule has 1 aliphatic rings. The zero-order valence-electron chi connectivity index (χ0n) is 14.4. The number of ether oxygens (including phenoxy) is 1. The molecule has 124 valence electrons. The maximum atomic E-state index is 9.87. The summed E-state index contributed by atoms with van der Waals surface area (Å²) in [6, 6.07) is 2.01. The Morgan fingerprint density at radius 1 is 1.35 bits per heavy atom. The van der Waals surface area contributed by atoms with E-state index in [0.29, 0.717) is 12.5 Å². The highest BCUT2D eigenvalue weighted by Crippen LogP contribution is 2.38. The van der Waals surface area contributed by atoms with Crippen LogP contribution in [-0.2, 0) is 6.42 Å². The monoisotopic (exact) mass is 316 g/mol. The molecule has 0 fully saturated rings. The zero-order valence-corrected chi connectivity index (χ0v) is 14.4. The number of aliphatic hydroxyl groups is 1. The Labute approximate surface area is 136 Å². The summed E-state index contributed by atoms with van der Waals surface area (Å²) in [5.74, 6) is 2.35. The number of aliphatic hydroxyl groups excluding tert-OH is 1. The Morgan fingerprint density at radius 3 is 2.70 bits per heavy atom. The Hall–Kier alpha value is -1.95. The molecule has 1 N–H and O–H groups in total. The van der Waals surface area contributed by atoms with Crippen LogP contribution in [0.5, 0.6) is 5.88 Å². The van der Waals surface area contributed by atoms with E-state index in [9.17, 15) is 5.11 Å². The third kappa shape index (κ3) is 2.51. The summed E-state index contributed by atoms with van der Waals surface area (Å²) < 4.78 is 5.95. The van der Waals surface area contributed by atoms with E-state index in [1.54, 1.807) is 0 Å². The van der Waals surface area contributed by atoms with Gasteiger partial charge in [0.1, 0.15) is 23.6 Å². The molecular formula is C17H24N4O2. The molecule has 0 saturated carbocycles. The maximum Gasteiger partial charge on any atom is 0.227 e. The van der Waals surface area contributed by atoms with Gasteiger partial charge >= 0.3 is 0 Å². The van der Waals surface area contributed by atoms with Gasteiger partial charge in [-0.3, -0.25) is 0 Å². The van der Waals surface area contributed by atoms with Crippen molar-refractivity contribution in [2.45, 2.75) is 45.6 Å². The topological polar surface area (TPSA) is 71.4 Å². The van der Waals surface area contributed by atoms with Crippen molar-refractivity contribution in [3.63, 3.8) is 0 Å². The van der Waals surface area contributed by atoms with Gasteiger partial charge in [0, 0.05) is 18.7 Å². The van der Waals surface area contributed by atoms with E-state index in [2.05, 4.69) is 25.8 Å². The molecule has 3 rings (SSSR count). The fourth-order valence-electron chi connectivity index (χ4n) is 2.68. The van der Waals surface area contributed by atoms with Crippen molar-refractivity contribution in [1.29, 1.82) is 0 Å². The second-order valence-corrected chi connectivity index (χ2v) is 6.73. The highest BCUT2D eigenvalue weighted by molar-refractivity contribution is 5.94. The molecule has 2 aromatic heterocycles. The molecule has 0 aliphatic carbocycles. The minimum Gasteiger partial charge on any atom is -0.474 e. The van der Waals surface area contributed by atoms with Gasteiger partial charge in [-0.15, -0.1) is 0 Å². The second-order valence-electron chi connectivity index (χ2n) is 6.73. The zero-order chi connectivity index (χ0) is 16.8. The van der Waals surface area contributed by atoms with Crippen LogP contribution < -0.4 is 9.64 Å². The van der Waals surface area contributed by atoms with E-state index in [0.717, 1.165) is 34.7 Å². The molecule has 0 unspecified atom stereocenters. The number of hydrogen-bond acceptors (Lipinski definition) is 6. The van der Waals surface area contributed by atoms with Gasteiger partial charge in [-0.25, -0.2) is 15.0 Å². The summed E-state index contributed by atoms with van der Waals surface area (Å²) in [5, 5.41) is 10.7. The first-order chi connectivity index (χ1) is 10.9. The minimum absolute atomic E-state index is 0.0272. The highest BCUT2D eigenvalue weighted by Gasteiger charge is 2.36. The van der Waals surface area contributed by atoms with Gasteiger partial charge in [-0.1, -0.05) is 20.8 Å². The second kappa shape index (κ2) is 5.60. The van der Waals surface area contributed by atoms with Crippen molar-refractivity contribution < 1.29 is 9.84 Å². The van der Waals surface area contributed by atoms with Crippen LogP contribution in [0.25, 0.3) is 10.9 Å². The summed E-state index contributed by atoms with van der Waals surface area (Å²) in [7, 11) is 1.94. The minimum atomic E-state index is -0.553. The van der Waals surface area contributed by atoms with E-state index in [-0.39, 0.29) is 12.5 Å². The highest BCUT2D eigenvalue weighted by atomic mass is 16.5. The largest absolute Gasteiger partial charge is 0.474 e. The van der Waals surface area contributed by atoms with Crippen molar-refractivity contribution >= 4 is 16.7 Å². The number of anilines is 1. The van der Waals surface area contributed by atoms with Crippen molar-refractivity contribution in [2.75, 3.05) is 25.2 Å². The SMILES string of the molecule is CCc1cc2nc(C(C)C)nc3c2c(n1)OC[C@](C)(CO)N3C. The molecule has 0 bridgehead atoms. The number of nitrogens with zero attached hydrogens (tertiary/aromatic N) is 4. The number of pyridine rings is 1. The van der Waals surface area contributed by atoms with Crippen molar-refractivity contribution in [3.05, 3.63) is 17.6 Å². The van der Waals surface area contributed by atoms with Crippen LogP contribution >= 0.6 is 0 Å². The Balaban J connectivity index is 2.35. The normalized spacial score (nSPS) is 20.7. The van der Waals surface area contributed by atoms with Crippen LogP contribution in [0.15, 0.2) is 6.07 Å². The molecule has 3 heterocycles. The molecule has 1 atom stereocenters. The predicted molar refractivity (Wildman–Crippen MR) is 90.2 cm³/mol. The summed E-state index contributed by atoms with van der Waals surface area (Å²) in [4.78, 5) is 16.1. The van der Waals surface area contributed by atoms with E-state index in [1.807, 2.05) is 24.9 Å². The lowest BCUT2D eigenvalue weighted by molar-refractivity contribution is 0.142. The molecule has 0 aromatic carbocycles. The van der Waals surface area contributed by atoms with Gasteiger partial charge in [0.25, 0.3) is 0 Å². The number of hydrogen-bond donors (Lipinski definition) is 1. The Morgan fingerprint density at radius 2 is 2.09 bits per heavy atom. The number of aryl methyl sites for hydroxylation is 1.